The first-order valence-electron chi connectivity index (χ1n) is 9.72. The summed E-state index contributed by atoms with van der Waals surface area (Å²) in [5.74, 6) is -0.492. The molecule has 0 radical (unpaired) electrons. The second kappa shape index (κ2) is 9.90. The van der Waals surface area contributed by atoms with Crippen LogP contribution in [-0.4, -0.2) is 65.0 Å². The van der Waals surface area contributed by atoms with Crippen molar-refractivity contribution in [3.8, 4) is 5.75 Å². The van der Waals surface area contributed by atoms with E-state index in [2.05, 4.69) is 10.6 Å². The lowest BCUT2D eigenvalue weighted by Crippen LogP contribution is -2.40. The Morgan fingerprint density at radius 2 is 1.77 bits per heavy atom. The molecule has 1 fully saturated rings. The Labute approximate surface area is 181 Å². The van der Waals surface area contributed by atoms with E-state index in [4.69, 9.17) is 9.47 Å². The van der Waals surface area contributed by atoms with Gasteiger partial charge in [-0.2, -0.15) is 4.31 Å². The van der Waals surface area contributed by atoms with Crippen LogP contribution in [0.1, 0.15) is 26.3 Å². The number of hydrogen-bond acceptors (Lipinski definition) is 6. The van der Waals surface area contributed by atoms with E-state index in [-0.39, 0.29) is 41.7 Å². The highest BCUT2D eigenvalue weighted by molar-refractivity contribution is 7.89. The second-order valence-corrected chi connectivity index (χ2v) is 8.75. The van der Waals surface area contributed by atoms with Crippen LogP contribution in [0.25, 0.3) is 0 Å². The lowest BCUT2D eigenvalue weighted by atomic mass is 10.1. The normalized spacial score (nSPS) is 14.6. The number of rotatable bonds is 7. The summed E-state index contributed by atoms with van der Waals surface area (Å²) in [6, 6.07) is 11.2. The van der Waals surface area contributed by atoms with Crippen molar-refractivity contribution in [2.45, 2.75) is 11.4 Å². The number of morpholine rings is 1. The summed E-state index contributed by atoms with van der Waals surface area (Å²) in [6.45, 7) is 1.29. The van der Waals surface area contributed by atoms with Gasteiger partial charge in [-0.25, -0.2) is 8.42 Å². The number of amides is 2. The Morgan fingerprint density at radius 1 is 1.06 bits per heavy atom. The number of sulfonamides is 1. The van der Waals surface area contributed by atoms with Crippen molar-refractivity contribution in [1.29, 1.82) is 0 Å². The van der Waals surface area contributed by atoms with Crippen molar-refractivity contribution < 1.29 is 27.5 Å². The van der Waals surface area contributed by atoms with Crippen LogP contribution in [0.4, 0.5) is 0 Å². The molecule has 0 aromatic heterocycles. The molecule has 0 bridgehead atoms. The summed E-state index contributed by atoms with van der Waals surface area (Å²) >= 11 is 0. The third kappa shape index (κ3) is 5.22. The maximum atomic E-state index is 13.1. The van der Waals surface area contributed by atoms with E-state index >= 15 is 0 Å². The fourth-order valence-electron chi connectivity index (χ4n) is 3.20. The zero-order valence-corrected chi connectivity index (χ0v) is 18.2. The van der Waals surface area contributed by atoms with Crippen molar-refractivity contribution in [3.63, 3.8) is 0 Å². The van der Waals surface area contributed by atoms with Gasteiger partial charge in [0.25, 0.3) is 11.8 Å². The highest BCUT2D eigenvalue weighted by Gasteiger charge is 2.30. The van der Waals surface area contributed by atoms with E-state index in [1.165, 1.54) is 29.6 Å². The fourth-order valence-corrected chi connectivity index (χ4v) is 4.79. The van der Waals surface area contributed by atoms with Gasteiger partial charge in [0, 0.05) is 37.8 Å². The molecule has 1 aliphatic heterocycles. The molecular weight excluding hydrogens is 422 g/mol. The van der Waals surface area contributed by atoms with Gasteiger partial charge in [0.2, 0.25) is 10.0 Å². The highest BCUT2D eigenvalue weighted by atomic mass is 32.2. The molecule has 0 unspecified atom stereocenters. The maximum Gasteiger partial charge on any atom is 0.251 e. The lowest BCUT2D eigenvalue weighted by Gasteiger charge is -2.26. The molecule has 166 valence electrons. The molecule has 2 aromatic rings. The Kier molecular flexibility index (Phi) is 7.26. The second-order valence-electron chi connectivity index (χ2n) is 6.84. The molecule has 2 aromatic carbocycles. The van der Waals surface area contributed by atoms with Crippen LogP contribution < -0.4 is 15.4 Å². The minimum Gasteiger partial charge on any atom is -0.495 e. The molecular formula is C21H25N3O6S. The van der Waals surface area contributed by atoms with Crippen molar-refractivity contribution in [3.05, 3.63) is 59.2 Å². The summed E-state index contributed by atoms with van der Waals surface area (Å²) in [5.41, 5.74) is 1.41. The van der Waals surface area contributed by atoms with Crippen molar-refractivity contribution in [1.82, 2.24) is 14.9 Å². The first kappa shape index (κ1) is 22.7. The number of carbonyl (C=O) groups excluding carboxylic acids is 2. The Bertz CT molecular complexity index is 1060. The molecule has 31 heavy (non-hydrogen) atoms. The molecule has 10 heteroatoms. The molecule has 9 nitrogen and oxygen atoms in total. The van der Waals surface area contributed by atoms with Crippen LogP contribution in [0.3, 0.4) is 0 Å². The Balaban J connectivity index is 1.79. The molecule has 3 rings (SSSR count). The summed E-state index contributed by atoms with van der Waals surface area (Å²) in [6.07, 6.45) is 0. The monoisotopic (exact) mass is 447 g/mol. The van der Waals surface area contributed by atoms with Crippen LogP contribution >= 0.6 is 0 Å². The highest BCUT2D eigenvalue weighted by Crippen LogP contribution is 2.28. The largest absolute Gasteiger partial charge is 0.495 e. The molecule has 0 aliphatic carbocycles. The van der Waals surface area contributed by atoms with Gasteiger partial charge in [-0.15, -0.1) is 0 Å². The van der Waals surface area contributed by atoms with Crippen LogP contribution in [0.15, 0.2) is 47.4 Å². The van der Waals surface area contributed by atoms with Gasteiger partial charge >= 0.3 is 0 Å². The lowest BCUT2D eigenvalue weighted by molar-refractivity contribution is 0.0729. The number of benzene rings is 2. The average Bonchev–Trinajstić information content (AvgIpc) is 2.82. The zero-order valence-electron chi connectivity index (χ0n) is 17.4. The Hall–Kier alpha value is -2.95. The van der Waals surface area contributed by atoms with Crippen LogP contribution in [0, 0.1) is 0 Å². The first-order valence-corrected chi connectivity index (χ1v) is 11.2. The van der Waals surface area contributed by atoms with Crippen LogP contribution in [0.5, 0.6) is 5.75 Å². The third-order valence-corrected chi connectivity index (χ3v) is 6.80. The zero-order chi connectivity index (χ0) is 22.4. The van der Waals surface area contributed by atoms with E-state index in [1.54, 1.807) is 31.3 Å². The standard InChI is InChI=1S/C21H25N3O6S/c1-22-20(25)16-5-3-4-15(12-16)14-23-21(26)17-6-7-18(29-2)19(13-17)31(27,28)24-8-10-30-11-9-24/h3-7,12-13H,8-11,14H2,1-2H3,(H,22,25)(H,23,26). The van der Waals surface area contributed by atoms with Gasteiger partial charge in [-0.3, -0.25) is 9.59 Å². The van der Waals surface area contributed by atoms with Gasteiger partial charge in [-0.1, -0.05) is 12.1 Å². The average molecular weight is 448 g/mol. The number of hydrogen-bond donors (Lipinski definition) is 2. The van der Waals surface area contributed by atoms with Gasteiger partial charge in [0.05, 0.1) is 20.3 Å². The van der Waals surface area contributed by atoms with Crippen LogP contribution in [-0.2, 0) is 21.3 Å². The molecule has 0 saturated carbocycles. The summed E-state index contributed by atoms with van der Waals surface area (Å²) in [7, 11) is -0.916. The number of nitrogens with one attached hydrogen (secondary N) is 2. The van der Waals surface area contributed by atoms with Crippen molar-refractivity contribution in [2.24, 2.45) is 0 Å². The quantitative estimate of drug-likeness (QED) is 0.655. The van der Waals surface area contributed by atoms with Crippen LogP contribution in [0.2, 0.25) is 0 Å². The predicted molar refractivity (Wildman–Crippen MR) is 114 cm³/mol. The van der Waals surface area contributed by atoms with E-state index < -0.39 is 15.9 Å². The van der Waals surface area contributed by atoms with E-state index in [0.717, 1.165) is 5.56 Å². The predicted octanol–water partition coefficient (Wildman–Crippen LogP) is 1.01. The van der Waals surface area contributed by atoms with Crippen molar-refractivity contribution >= 4 is 21.8 Å². The fraction of sp³-hybridized carbons (Fsp3) is 0.333. The van der Waals surface area contributed by atoms with E-state index in [1.807, 2.05) is 0 Å². The summed E-state index contributed by atoms with van der Waals surface area (Å²) < 4.78 is 37.9. The molecule has 1 aliphatic rings. The molecule has 2 amide bonds. The minimum absolute atomic E-state index is 0.0637. The third-order valence-electron chi connectivity index (χ3n) is 4.88. The smallest absolute Gasteiger partial charge is 0.251 e. The minimum atomic E-state index is -3.84. The maximum absolute atomic E-state index is 13.1. The number of nitrogens with zero attached hydrogens (tertiary/aromatic N) is 1. The van der Waals surface area contributed by atoms with Gasteiger partial charge in [0.15, 0.2) is 0 Å². The topological polar surface area (TPSA) is 114 Å². The molecule has 0 atom stereocenters. The molecule has 1 saturated heterocycles. The van der Waals surface area contributed by atoms with Gasteiger partial charge < -0.3 is 20.1 Å². The molecule has 2 N–H and O–H groups in total. The Morgan fingerprint density at radius 3 is 2.45 bits per heavy atom. The van der Waals surface area contributed by atoms with Crippen molar-refractivity contribution in [2.75, 3.05) is 40.5 Å². The number of methoxy groups -OCH3 is 1. The first-order chi connectivity index (χ1) is 14.9. The summed E-state index contributed by atoms with van der Waals surface area (Å²) in [4.78, 5) is 24.4. The van der Waals surface area contributed by atoms with Gasteiger partial charge in [-0.05, 0) is 35.9 Å². The summed E-state index contributed by atoms with van der Waals surface area (Å²) in [5, 5.41) is 5.31. The molecule has 0 spiro atoms. The van der Waals surface area contributed by atoms with E-state index in [9.17, 15) is 18.0 Å². The molecule has 1 heterocycles. The SMILES string of the molecule is CNC(=O)c1cccc(CNC(=O)c2ccc(OC)c(S(=O)(=O)N3CCOCC3)c2)c1. The number of carbonyl (C=O) groups is 2. The van der Waals surface area contributed by atoms with E-state index in [0.29, 0.717) is 18.8 Å². The number of ether oxygens (including phenoxy) is 2. The van der Waals surface area contributed by atoms with Gasteiger partial charge in [0.1, 0.15) is 10.6 Å².